The number of aromatic nitrogens is 1. The van der Waals surface area contributed by atoms with E-state index in [0.29, 0.717) is 32.1 Å². The molecule has 1 aliphatic carbocycles. The Labute approximate surface area is 173 Å². The van der Waals surface area contributed by atoms with Crippen molar-refractivity contribution in [3.8, 4) is 0 Å². The smallest absolute Gasteiger partial charge is 0.237 e. The molecule has 1 aromatic heterocycles. The molecule has 1 N–H and O–H groups in total. The molecule has 4 rings (SSSR count). The minimum absolute atomic E-state index is 0.0258. The van der Waals surface area contributed by atoms with E-state index in [1.807, 2.05) is 18.7 Å². The van der Waals surface area contributed by atoms with Crippen molar-refractivity contribution in [1.82, 2.24) is 20.1 Å². The maximum absolute atomic E-state index is 13.0. The zero-order valence-corrected chi connectivity index (χ0v) is 17.7. The third-order valence-electron chi connectivity index (χ3n) is 6.60. The lowest BCUT2D eigenvalue weighted by Gasteiger charge is -2.41. The predicted molar refractivity (Wildman–Crippen MR) is 113 cm³/mol. The number of carbonyl (C=O) groups is 2. The zero-order chi connectivity index (χ0) is 20.4. The molecule has 0 radical (unpaired) electrons. The average Bonchev–Trinajstić information content (AvgIpc) is 3.23. The normalized spacial score (nSPS) is 24.1. The first-order chi connectivity index (χ1) is 14.0. The number of hydrogen-bond acceptors (Lipinski definition) is 5. The Bertz CT molecular complexity index is 733. The Morgan fingerprint density at radius 2 is 1.72 bits per heavy atom. The third kappa shape index (κ3) is 4.55. The largest absolute Gasteiger partial charge is 0.368 e. The van der Waals surface area contributed by atoms with Crippen LogP contribution in [0.1, 0.15) is 43.5 Å². The van der Waals surface area contributed by atoms with Gasteiger partial charge in [-0.15, -0.1) is 0 Å². The molecule has 2 saturated heterocycles. The molecule has 158 valence electrons. The fourth-order valence-electron chi connectivity index (χ4n) is 5.12. The first-order valence-electron chi connectivity index (χ1n) is 11.0. The zero-order valence-electron chi connectivity index (χ0n) is 17.7. The van der Waals surface area contributed by atoms with E-state index in [9.17, 15) is 9.59 Å². The van der Waals surface area contributed by atoms with Gasteiger partial charge in [0.2, 0.25) is 11.8 Å². The number of nitrogens with zero attached hydrogens (tertiary/aromatic N) is 4. The van der Waals surface area contributed by atoms with Crippen LogP contribution in [0.15, 0.2) is 12.1 Å². The molecule has 0 spiro atoms. The van der Waals surface area contributed by atoms with Crippen LogP contribution in [0.4, 0.5) is 5.69 Å². The molecular formula is C22H33N5O2. The second-order valence-electron chi connectivity index (χ2n) is 8.66. The summed E-state index contributed by atoms with van der Waals surface area (Å²) in [6, 6.07) is 4.38. The van der Waals surface area contributed by atoms with Crippen LogP contribution in [-0.2, 0) is 9.59 Å². The molecular weight excluding hydrogens is 366 g/mol. The standard InChI is InChI=1S/C22H33N5O2/c1-16-13-19(14-17(2)24-16)25-9-11-26(12-10-25)21(28)15-20-22(29)23-7-8-27(20)18-5-3-4-6-18/h13-14,18,20H,3-12,15H2,1-2H3,(H,23,29). The highest BCUT2D eigenvalue weighted by Crippen LogP contribution is 2.27. The fourth-order valence-corrected chi connectivity index (χ4v) is 5.12. The van der Waals surface area contributed by atoms with Crippen molar-refractivity contribution in [2.45, 2.75) is 58.0 Å². The van der Waals surface area contributed by atoms with Gasteiger partial charge in [-0.2, -0.15) is 0 Å². The van der Waals surface area contributed by atoms with Gasteiger partial charge in [-0.05, 0) is 38.8 Å². The maximum Gasteiger partial charge on any atom is 0.237 e. The highest BCUT2D eigenvalue weighted by molar-refractivity contribution is 5.89. The lowest BCUT2D eigenvalue weighted by Crippen LogP contribution is -2.59. The van der Waals surface area contributed by atoms with Gasteiger partial charge in [0.1, 0.15) is 0 Å². The second-order valence-corrected chi connectivity index (χ2v) is 8.66. The van der Waals surface area contributed by atoms with E-state index in [1.54, 1.807) is 0 Å². The number of nitrogens with one attached hydrogen (secondary N) is 1. The van der Waals surface area contributed by atoms with Gasteiger partial charge in [-0.25, -0.2) is 0 Å². The predicted octanol–water partition coefficient (Wildman–Crippen LogP) is 1.48. The molecule has 3 fully saturated rings. The van der Waals surface area contributed by atoms with E-state index in [1.165, 1.54) is 18.5 Å². The van der Waals surface area contributed by atoms with Gasteiger partial charge in [0, 0.05) is 62.4 Å². The van der Waals surface area contributed by atoms with Crippen molar-refractivity contribution in [1.29, 1.82) is 0 Å². The van der Waals surface area contributed by atoms with E-state index in [-0.39, 0.29) is 17.9 Å². The minimum Gasteiger partial charge on any atom is -0.368 e. The number of amides is 2. The molecule has 0 bridgehead atoms. The van der Waals surface area contributed by atoms with Crippen LogP contribution in [0, 0.1) is 13.8 Å². The summed E-state index contributed by atoms with van der Waals surface area (Å²) < 4.78 is 0. The number of pyridine rings is 1. The van der Waals surface area contributed by atoms with E-state index in [2.05, 4.69) is 32.2 Å². The van der Waals surface area contributed by atoms with Gasteiger partial charge in [-0.3, -0.25) is 19.5 Å². The lowest BCUT2D eigenvalue weighted by atomic mass is 10.0. The Morgan fingerprint density at radius 1 is 1.07 bits per heavy atom. The molecule has 7 nitrogen and oxygen atoms in total. The van der Waals surface area contributed by atoms with Gasteiger partial charge in [0.15, 0.2) is 0 Å². The SMILES string of the molecule is Cc1cc(N2CCN(C(=O)CC3C(=O)NCCN3C3CCCC3)CC2)cc(C)n1. The van der Waals surface area contributed by atoms with Gasteiger partial charge < -0.3 is 15.1 Å². The van der Waals surface area contributed by atoms with Crippen LogP contribution >= 0.6 is 0 Å². The molecule has 2 aliphatic heterocycles. The van der Waals surface area contributed by atoms with Gasteiger partial charge in [0.25, 0.3) is 0 Å². The number of piperazine rings is 2. The van der Waals surface area contributed by atoms with Gasteiger partial charge >= 0.3 is 0 Å². The molecule has 3 heterocycles. The summed E-state index contributed by atoms with van der Waals surface area (Å²) in [5, 5.41) is 2.97. The quantitative estimate of drug-likeness (QED) is 0.831. The molecule has 1 saturated carbocycles. The van der Waals surface area contributed by atoms with Crippen LogP contribution in [0.25, 0.3) is 0 Å². The number of rotatable bonds is 4. The molecule has 7 heteroatoms. The van der Waals surface area contributed by atoms with Crippen LogP contribution < -0.4 is 10.2 Å². The van der Waals surface area contributed by atoms with Crippen molar-refractivity contribution in [3.63, 3.8) is 0 Å². The molecule has 1 atom stereocenters. The number of carbonyl (C=O) groups excluding carboxylic acids is 2. The van der Waals surface area contributed by atoms with Crippen LogP contribution in [0.5, 0.6) is 0 Å². The van der Waals surface area contributed by atoms with Crippen LogP contribution in [-0.4, -0.2) is 78.0 Å². The highest BCUT2D eigenvalue weighted by Gasteiger charge is 2.37. The monoisotopic (exact) mass is 399 g/mol. The van der Waals surface area contributed by atoms with Crippen molar-refractivity contribution in [2.75, 3.05) is 44.2 Å². The summed E-state index contributed by atoms with van der Waals surface area (Å²) in [5.41, 5.74) is 3.23. The van der Waals surface area contributed by atoms with Crippen molar-refractivity contribution in [3.05, 3.63) is 23.5 Å². The summed E-state index contributed by atoms with van der Waals surface area (Å²) in [6.45, 7) is 8.64. The highest BCUT2D eigenvalue weighted by atomic mass is 16.2. The molecule has 2 amide bonds. The number of anilines is 1. The first-order valence-corrected chi connectivity index (χ1v) is 11.0. The Balaban J connectivity index is 1.35. The van der Waals surface area contributed by atoms with Crippen molar-refractivity contribution < 1.29 is 9.59 Å². The summed E-state index contributed by atoms with van der Waals surface area (Å²) in [7, 11) is 0. The number of hydrogen-bond donors (Lipinski definition) is 1. The molecule has 29 heavy (non-hydrogen) atoms. The topological polar surface area (TPSA) is 68.8 Å². The maximum atomic E-state index is 13.0. The summed E-state index contributed by atoms with van der Waals surface area (Å²) in [5.74, 6) is 0.134. The van der Waals surface area contributed by atoms with Crippen LogP contribution in [0.3, 0.4) is 0 Å². The number of aryl methyl sites for hydroxylation is 2. The molecule has 3 aliphatic rings. The van der Waals surface area contributed by atoms with Crippen molar-refractivity contribution >= 4 is 17.5 Å². The minimum atomic E-state index is -0.303. The van der Waals surface area contributed by atoms with Gasteiger partial charge in [0.05, 0.1) is 12.5 Å². The average molecular weight is 400 g/mol. The van der Waals surface area contributed by atoms with Gasteiger partial charge in [-0.1, -0.05) is 12.8 Å². The molecule has 0 aromatic carbocycles. The Morgan fingerprint density at radius 3 is 2.38 bits per heavy atom. The summed E-state index contributed by atoms with van der Waals surface area (Å²) in [6.07, 6.45) is 5.08. The molecule has 1 unspecified atom stereocenters. The second kappa shape index (κ2) is 8.69. The lowest BCUT2D eigenvalue weighted by molar-refractivity contribution is -0.140. The van der Waals surface area contributed by atoms with E-state index < -0.39 is 0 Å². The Kier molecular flexibility index (Phi) is 6.04. The Hall–Kier alpha value is -2.15. The van der Waals surface area contributed by atoms with Crippen molar-refractivity contribution in [2.24, 2.45) is 0 Å². The van der Waals surface area contributed by atoms with E-state index >= 15 is 0 Å². The summed E-state index contributed by atoms with van der Waals surface area (Å²) in [4.78, 5) is 36.6. The molecule has 1 aromatic rings. The third-order valence-corrected chi connectivity index (χ3v) is 6.60. The van der Waals surface area contributed by atoms with Crippen LogP contribution in [0.2, 0.25) is 0 Å². The van der Waals surface area contributed by atoms with E-state index in [0.717, 1.165) is 43.9 Å². The fraction of sp³-hybridized carbons (Fsp3) is 0.682. The summed E-state index contributed by atoms with van der Waals surface area (Å²) >= 11 is 0. The first kappa shape index (κ1) is 20.1. The van der Waals surface area contributed by atoms with E-state index in [4.69, 9.17) is 0 Å².